The number of carbonyl (C=O) groups is 1. The number of nitrogens with two attached hydrogens (primary N) is 1. The number of hydrogen-bond acceptors (Lipinski definition) is 5. The van der Waals surface area contributed by atoms with Gasteiger partial charge in [-0.2, -0.15) is 0 Å². The van der Waals surface area contributed by atoms with E-state index < -0.39 is 5.72 Å². The molecule has 2 aromatic rings. The first kappa shape index (κ1) is 20.2. The summed E-state index contributed by atoms with van der Waals surface area (Å²) in [6.07, 6.45) is 0.530. The molecule has 0 bridgehead atoms. The Kier molecular flexibility index (Phi) is 7.03. The summed E-state index contributed by atoms with van der Waals surface area (Å²) in [5.41, 5.74) is 5.89. The van der Waals surface area contributed by atoms with Crippen LogP contribution in [0.3, 0.4) is 0 Å². The van der Waals surface area contributed by atoms with Gasteiger partial charge in [0.25, 0.3) is 0 Å². The number of esters is 1. The van der Waals surface area contributed by atoms with E-state index in [0.717, 1.165) is 5.56 Å². The van der Waals surface area contributed by atoms with Gasteiger partial charge in [-0.15, -0.1) is 0 Å². The zero-order chi connectivity index (χ0) is 19.2. The van der Waals surface area contributed by atoms with E-state index in [-0.39, 0.29) is 18.3 Å². The van der Waals surface area contributed by atoms with Gasteiger partial charge in [0, 0.05) is 10.6 Å². The van der Waals surface area contributed by atoms with Gasteiger partial charge in [0.05, 0.1) is 20.1 Å². The molecule has 3 N–H and O–H groups in total. The number of carbonyl (C=O) groups excluding carboxylic acids is 1. The van der Waals surface area contributed by atoms with Crippen LogP contribution >= 0.6 is 11.6 Å². The fraction of sp³-hybridized carbons (Fsp3) is 0.350. The lowest BCUT2D eigenvalue weighted by Crippen LogP contribution is -2.39. The van der Waals surface area contributed by atoms with Gasteiger partial charge in [-0.05, 0) is 36.1 Å². The van der Waals surface area contributed by atoms with Crippen molar-refractivity contribution in [1.29, 1.82) is 0 Å². The van der Waals surface area contributed by atoms with Gasteiger partial charge >= 0.3 is 5.97 Å². The van der Waals surface area contributed by atoms with Crippen LogP contribution in [0.1, 0.15) is 24.5 Å². The van der Waals surface area contributed by atoms with Crippen molar-refractivity contribution in [3.8, 4) is 5.75 Å². The molecule has 2 unspecified atom stereocenters. The molecule has 0 amide bonds. The van der Waals surface area contributed by atoms with E-state index in [9.17, 15) is 9.90 Å². The lowest BCUT2D eigenvalue weighted by molar-refractivity contribution is -0.139. The molecule has 0 aliphatic rings. The molecule has 2 aromatic carbocycles. The van der Waals surface area contributed by atoms with Crippen molar-refractivity contribution in [3.63, 3.8) is 0 Å². The zero-order valence-electron chi connectivity index (χ0n) is 14.9. The maximum atomic E-state index is 11.3. The van der Waals surface area contributed by atoms with Crippen molar-refractivity contribution in [3.05, 3.63) is 64.7 Å². The summed E-state index contributed by atoms with van der Waals surface area (Å²) >= 11 is 6.12. The Morgan fingerprint density at radius 1 is 1.23 bits per heavy atom. The first-order valence-corrected chi connectivity index (χ1v) is 8.74. The van der Waals surface area contributed by atoms with Crippen LogP contribution in [0.4, 0.5) is 0 Å². The Bertz CT molecular complexity index is 731. The quantitative estimate of drug-likeness (QED) is 0.545. The first-order valence-electron chi connectivity index (χ1n) is 8.36. The molecule has 140 valence electrons. The summed E-state index contributed by atoms with van der Waals surface area (Å²) in [5, 5.41) is 11.0. The fourth-order valence-corrected chi connectivity index (χ4v) is 2.99. The second-order valence-corrected chi connectivity index (χ2v) is 6.83. The van der Waals surface area contributed by atoms with Gasteiger partial charge in [0.15, 0.2) is 0 Å². The molecule has 0 fully saturated rings. The van der Waals surface area contributed by atoms with Crippen LogP contribution in [0, 0.1) is 5.92 Å². The summed E-state index contributed by atoms with van der Waals surface area (Å²) in [6, 6.07) is 14.2. The van der Waals surface area contributed by atoms with Crippen LogP contribution in [0.25, 0.3) is 0 Å². The summed E-state index contributed by atoms with van der Waals surface area (Å²) in [6.45, 7) is 2.33. The second kappa shape index (κ2) is 9.03. The molecule has 0 saturated carbocycles. The highest BCUT2D eigenvalue weighted by Crippen LogP contribution is 2.29. The van der Waals surface area contributed by atoms with Crippen LogP contribution in [0.5, 0.6) is 5.75 Å². The topological polar surface area (TPSA) is 81.8 Å². The van der Waals surface area contributed by atoms with Crippen LogP contribution in [-0.4, -0.2) is 24.8 Å². The SMILES string of the molecule is COC(=O)Cc1ccc(OCC(C)CC(N)(O)c2ccccc2Cl)cc1. The molecule has 0 spiro atoms. The molecule has 2 atom stereocenters. The smallest absolute Gasteiger partial charge is 0.309 e. The summed E-state index contributed by atoms with van der Waals surface area (Å²) < 4.78 is 10.4. The minimum Gasteiger partial charge on any atom is -0.493 e. The van der Waals surface area contributed by atoms with Crippen molar-refractivity contribution in [2.75, 3.05) is 13.7 Å². The van der Waals surface area contributed by atoms with Crippen LogP contribution in [0.2, 0.25) is 5.02 Å². The van der Waals surface area contributed by atoms with Gasteiger partial charge in [-0.1, -0.05) is 48.9 Å². The number of methoxy groups -OCH3 is 1. The van der Waals surface area contributed by atoms with E-state index in [2.05, 4.69) is 4.74 Å². The van der Waals surface area contributed by atoms with Crippen molar-refractivity contribution < 1.29 is 19.4 Å². The lowest BCUT2D eigenvalue weighted by Gasteiger charge is -2.28. The molecule has 26 heavy (non-hydrogen) atoms. The van der Waals surface area contributed by atoms with Gasteiger partial charge in [0.1, 0.15) is 11.5 Å². The number of aliphatic hydroxyl groups is 1. The maximum Gasteiger partial charge on any atom is 0.309 e. The molecule has 0 aliphatic carbocycles. The Labute approximate surface area is 158 Å². The van der Waals surface area contributed by atoms with E-state index in [4.69, 9.17) is 22.1 Å². The summed E-state index contributed by atoms with van der Waals surface area (Å²) in [5.74, 6) is 0.397. The Hall–Kier alpha value is -2.08. The number of ether oxygens (including phenoxy) is 2. The maximum absolute atomic E-state index is 11.3. The average molecular weight is 378 g/mol. The molecule has 0 aromatic heterocycles. The Morgan fingerprint density at radius 2 is 1.88 bits per heavy atom. The van der Waals surface area contributed by atoms with Crippen LogP contribution in [-0.2, 0) is 21.7 Å². The standard InChI is InChI=1S/C20H24ClNO4/c1-14(12-20(22,24)17-5-3-4-6-18(17)21)13-26-16-9-7-15(8-10-16)11-19(23)25-2/h3-10,14,24H,11-13,22H2,1-2H3. The molecule has 0 radical (unpaired) electrons. The third-order valence-electron chi connectivity index (χ3n) is 4.03. The van der Waals surface area contributed by atoms with E-state index in [1.807, 2.05) is 19.1 Å². The number of benzene rings is 2. The highest BCUT2D eigenvalue weighted by atomic mass is 35.5. The van der Waals surface area contributed by atoms with E-state index in [1.54, 1.807) is 36.4 Å². The first-order chi connectivity index (χ1) is 12.3. The predicted molar refractivity (Wildman–Crippen MR) is 101 cm³/mol. The molecule has 0 saturated heterocycles. The second-order valence-electron chi connectivity index (χ2n) is 6.42. The normalized spacial score (nSPS) is 14.3. The Balaban J connectivity index is 1.89. The largest absolute Gasteiger partial charge is 0.493 e. The van der Waals surface area contributed by atoms with Gasteiger partial charge < -0.3 is 14.6 Å². The van der Waals surface area contributed by atoms with E-state index >= 15 is 0 Å². The summed E-state index contributed by atoms with van der Waals surface area (Å²) in [4.78, 5) is 11.3. The molecule has 0 aliphatic heterocycles. The predicted octanol–water partition coefficient (Wildman–Crippen LogP) is 3.26. The van der Waals surface area contributed by atoms with E-state index in [1.165, 1.54) is 7.11 Å². The third kappa shape index (κ3) is 5.73. The van der Waals surface area contributed by atoms with Gasteiger partial charge in [0.2, 0.25) is 0 Å². The van der Waals surface area contributed by atoms with Gasteiger partial charge in [-0.3, -0.25) is 10.5 Å². The number of halogens is 1. The number of hydrogen-bond donors (Lipinski definition) is 2. The lowest BCUT2D eigenvalue weighted by atomic mass is 9.93. The van der Waals surface area contributed by atoms with Crippen molar-refractivity contribution in [2.45, 2.75) is 25.5 Å². The molecule has 6 heteroatoms. The van der Waals surface area contributed by atoms with E-state index in [0.29, 0.717) is 29.4 Å². The number of rotatable bonds is 8. The minimum atomic E-state index is -1.52. The monoisotopic (exact) mass is 377 g/mol. The average Bonchev–Trinajstić information content (AvgIpc) is 2.61. The molecular formula is C20H24ClNO4. The fourth-order valence-electron chi connectivity index (χ4n) is 2.69. The zero-order valence-corrected chi connectivity index (χ0v) is 15.7. The third-order valence-corrected chi connectivity index (χ3v) is 4.36. The molecular weight excluding hydrogens is 354 g/mol. The van der Waals surface area contributed by atoms with Crippen LogP contribution < -0.4 is 10.5 Å². The van der Waals surface area contributed by atoms with Gasteiger partial charge in [-0.25, -0.2) is 0 Å². The van der Waals surface area contributed by atoms with Crippen LogP contribution in [0.15, 0.2) is 48.5 Å². The van der Waals surface area contributed by atoms with Crippen molar-refractivity contribution in [1.82, 2.24) is 0 Å². The minimum absolute atomic E-state index is 0.00369. The molecule has 5 nitrogen and oxygen atoms in total. The molecule has 0 heterocycles. The Morgan fingerprint density at radius 3 is 2.50 bits per heavy atom. The highest BCUT2D eigenvalue weighted by Gasteiger charge is 2.28. The van der Waals surface area contributed by atoms with Crippen molar-refractivity contribution >= 4 is 17.6 Å². The van der Waals surface area contributed by atoms with Crippen molar-refractivity contribution in [2.24, 2.45) is 11.7 Å². The molecule has 2 rings (SSSR count). The summed E-state index contributed by atoms with van der Waals surface area (Å²) in [7, 11) is 1.36. The highest BCUT2D eigenvalue weighted by molar-refractivity contribution is 6.31.